The van der Waals surface area contributed by atoms with Crippen LogP contribution in [0.15, 0.2) is 36.4 Å². The van der Waals surface area contributed by atoms with Crippen LogP contribution in [-0.4, -0.2) is 151 Å². The van der Waals surface area contributed by atoms with Crippen LogP contribution in [0.4, 0.5) is 0 Å². The van der Waals surface area contributed by atoms with Gasteiger partial charge in [-0.2, -0.15) is 0 Å². The second kappa shape index (κ2) is 39.5. The van der Waals surface area contributed by atoms with E-state index in [0.29, 0.717) is 144 Å². The van der Waals surface area contributed by atoms with E-state index in [4.69, 9.17) is 56.8 Å². The Bertz CT molecular complexity index is 932. The molecule has 0 amide bonds. The van der Waals surface area contributed by atoms with Crippen LogP contribution in [-0.2, 0) is 63.3 Å². The zero-order valence-corrected chi connectivity index (χ0v) is 32.8. The van der Waals surface area contributed by atoms with Crippen molar-refractivity contribution in [2.24, 2.45) is 0 Å². The number of unbranched alkanes of at least 4 members (excludes halogenated alkanes) is 5. The largest absolute Gasteiger partial charge is 0.491 e. The molecule has 0 heterocycles. The summed E-state index contributed by atoms with van der Waals surface area (Å²) in [6.07, 6.45) is 9.07. The molecule has 0 saturated carbocycles. The number of hydrogen-bond acceptors (Lipinski definition) is 13. The van der Waals surface area contributed by atoms with Crippen LogP contribution in [0.1, 0.15) is 57.9 Å². The fourth-order valence-corrected chi connectivity index (χ4v) is 4.48. The zero-order chi connectivity index (χ0) is 38.1. The molecule has 0 spiro atoms. The lowest BCUT2D eigenvalue weighted by molar-refractivity contribution is -0.140. The first-order valence-electron chi connectivity index (χ1n) is 19.4. The molecule has 13 heteroatoms. The highest BCUT2D eigenvalue weighted by Crippen LogP contribution is 2.15. The van der Waals surface area contributed by atoms with E-state index in [-0.39, 0.29) is 6.61 Å². The fourth-order valence-electron chi connectivity index (χ4n) is 4.48. The predicted molar refractivity (Wildman–Crippen MR) is 203 cm³/mol. The molecule has 0 radical (unpaired) electrons. The van der Waals surface area contributed by atoms with E-state index >= 15 is 0 Å². The van der Waals surface area contributed by atoms with Gasteiger partial charge in [0, 0.05) is 5.57 Å². The van der Waals surface area contributed by atoms with E-state index in [1.807, 2.05) is 12.1 Å². The molecule has 0 aliphatic rings. The number of benzene rings is 1. The van der Waals surface area contributed by atoms with Crippen LogP contribution in [0, 0.1) is 0 Å². The number of carbonyl (C=O) groups excluding carboxylic acids is 1. The zero-order valence-electron chi connectivity index (χ0n) is 32.8. The van der Waals surface area contributed by atoms with Crippen molar-refractivity contribution in [1.29, 1.82) is 0 Å². The maximum absolute atomic E-state index is 11.2. The summed E-state index contributed by atoms with van der Waals surface area (Å²) in [6, 6.07) is 8.42. The van der Waals surface area contributed by atoms with Crippen LogP contribution < -0.4 is 4.74 Å². The maximum Gasteiger partial charge on any atom is 0.333 e. The summed E-state index contributed by atoms with van der Waals surface area (Å²) in [4.78, 5) is 11.2. The number of ether oxygens (including phenoxy) is 12. The van der Waals surface area contributed by atoms with Crippen molar-refractivity contribution in [3.63, 3.8) is 0 Å². The molecule has 0 atom stereocenters. The van der Waals surface area contributed by atoms with Gasteiger partial charge in [0.1, 0.15) is 19.0 Å². The highest BCUT2D eigenvalue weighted by Gasteiger charge is 2.02. The van der Waals surface area contributed by atoms with Crippen molar-refractivity contribution in [3.8, 4) is 5.75 Å². The Hall–Kier alpha value is -2.17. The molecule has 308 valence electrons. The predicted octanol–water partition coefficient (Wildman–Crippen LogP) is 5.25. The average molecular weight is 759 g/mol. The Kier molecular flexibility index (Phi) is 36.4. The molecule has 0 aromatic heterocycles. The fraction of sp³-hybridized carbons (Fsp3) is 0.775. The third-order valence-corrected chi connectivity index (χ3v) is 7.40. The minimum Gasteiger partial charge on any atom is -0.491 e. The van der Waals surface area contributed by atoms with Gasteiger partial charge in [0.15, 0.2) is 0 Å². The van der Waals surface area contributed by atoms with Gasteiger partial charge in [0.05, 0.1) is 132 Å². The Morgan fingerprint density at radius 1 is 0.453 bits per heavy atom. The molecule has 0 aliphatic heterocycles. The van der Waals surface area contributed by atoms with E-state index < -0.39 is 5.97 Å². The van der Waals surface area contributed by atoms with Gasteiger partial charge >= 0.3 is 5.97 Å². The summed E-state index contributed by atoms with van der Waals surface area (Å²) in [5.74, 6) is 0.469. The summed E-state index contributed by atoms with van der Waals surface area (Å²) in [5, 5.41) is 0. The van der Waals surface area contributed by atoms with Crippen molar-refractivity contribution in [2.45, 2.75) is 58.8 Å². The summed E-state index contributed by atoms with van der Waals surface area (Å²) in [7, 11) is 0. The van der Waals surface area contributed by atoms with E-state index in [9.17, 15) is 4.79 Å². The maximum atomic E-state index is 11.2. The normalized spacial score (nSPS) is 11.3. The molecular formula is C40H70O13. The molecule has 1 aromatic carbocycles. The van der Waals surface area contributed by atoms with Gasteiger partial charge in [0.2, 0.25) is 0 Å². The standard InChI is InChI=1S/C40H70O13/c1-4-5-6-7-8-9-10-38-11-13-39(14-12-38)52-35-33-50-31-29-48-27-25-46-23-21-44-19-17-42-15-16-43-18-20-45-22-24-47-26-28-49-30-32-51-34-36-53-40(41)37(2)3/h11-14H,2,4-10,15-36H2,1,3H3. The number of aryl methyl sites for hydroxylation is 1. The van der Waals surface area contributed by atoms with Crippen molar-refractivity contribution < 1.29 is 61.6 Å². The van der Waals surface area contributed by atoms with Gasteiger partial charge in [-0.1, -0.05) is 57.7 Å². The molecular weight excluding hydrogens is 688 g/mol. The molecule has 53 heavy (non-hydrogen) atoms. The van der Waals surface area contributed by atoms with Gasteiger partial charge < -0.3 is 56.8 Å². The van der Waals surface area contributed by atoms with Crippen molar-refractivity contribution in [1.82, 2.24) is 0 Å². The number of hydrogen-bond donors (Lipinski definition) is 0. The molecule has 0 bridgehead atoms. The Labute approximate surface area is 319 Å². The first-order valence-corrected chi connectivity index (χ1v) is 19.4. The van der Waals surface area contributed by atoms with E-state index in [1.165, 1.54) is 44.1 Å². The van der Waals surface area contributed by atoms with E-state index in [2.05, 4.69) is 25.6 Å². The van der Waals surface area contributed by atoms with Crippen molar-refractivity contribution in [3.05, 3.63) is 42.0 Å². The number of rotatable bonds is 42. The molecule has 1 rings (SSSR count). The average Bonchev–Trinajstić information content (AvgIpc) is 3.16. The lowest BCUT2D eigenvalue weighted by Gasteiger charge is -2.09. The topological polar surface area (TPSA) is 128 Å². The molecule has 0 N–H and O–H groups in total. The lowest BCUT2D eigenvalue weighted by Crippen LogP contribution is -2.15. The highest BCUT2D eigenvalue weighted by molar-refractivity contribution is 5.86. The second-order valence-corrected chi connectivity index (χ2v) is 12.1. The highest BCUT2D eigenvalue weighted by atomic mass is 16.6. The molecule has 0 unspecified atom stereocenters. The SMILES string of the molecule is C=C(C)C(=O)OCCOCCOCCOCCOCCOCCOCCOCCOCCOCCOCCOc1ccc(CCCCCCCC)cc1. The summed E-state index contributed by atoms with van der Waals surface area (Å²) >= 11 is 0. The summed E-state index contributed by atoms with van der Waals surface area (Å²) in [6.45, 7) is 17.8. The first-order chi connectivity index (χ1) is 26.1. The third kappa shape index (κ3) is 35.3. The molecule has 13 nitrogen and oxygen atoms in total. The smallest absolute Gasteiger partial charge is 0.333 e. The van der Waals surface area contributed by atoms with E-state index in [1.54, 1.807) is 6.92 Å². The van der Waals surface area contributed by atoms with Gasteiger partial charge in [-0.3, -0.25) is 0 Å². The van der Waals surface area contributed by atoms with Crippen molar-refractivity contribution in [2.75, 3.05) is 145 Å². The van der Waals surface area contributed by atoms with Crippen LogP contribution in [0.25, 0.3) is 0 Å². The van der Waals surface area contributed by atoms with Gasteiger partial charge in [-0.05, 0) is 37.5 Å². The molecule has 0 fully saturated rings. The van der Waals surface area contributed by atoms with Crippen LogP contribution in [0.3, 0.4) is 0 Å². The van der Waals surface area contributed by atoms with Crippen LogP contribution in [0.2, 0.25) is 0 Å². The summed E-state index contributed by atoms with van der Waals surface area (Å²) < 4.78 is 65.5. The minimum atomic E-state index is -0.412. The lowest BCUT2D eigenvalue weighted by atomic mass is 10.0. The molecule has 1 aromatic rings. The third-order valence-electron chi connectivity index (χ3n) is 7.40. The van der Waals surface area contributed by atoms with E-state index in [0.717, 1.165) is 12.2 Å². The Morgan fingerprint density at radius 2 is 0.774 bits per heavy atom. The molecule has 0 saturated heterocycles. The Morgan fingerprint density at radius 3 is 1.13 bits per heavy atom. The van der Waals surface area contributed by atoms with Crippen LogP contribution >= 0.6 is 0 Å². The monoisotopic (exact) mass is 758 g/mol. The molecule has 0 aliphatic carbocycles. The Balaban J connectivity index is 1.68. The number of esters is 1. The van der Waals surface area contributed by atoms with Gasteiger partial charge in [0.25, 0.3) is 0 Å². The minimum absolute atomic E-state index is 0.199. The van der Waals surface area contributed by atoms with Crippen molar-refractivity contribution >= 4 is 5.97 Å². The quantitative estimate of drug-likeness (QED) is 0.0490. The van der Waals surface area contributed by atoms with Gasteiger partial charge in [-0.25, -0.2) is 4.79 Å². The second-order valence-electron chi connectivity index (χ2n) is 12.1. The van der Waals surface area contributed by atoms with Crippen LogP contribution in [0.5, 0.6) is 5.75 Å². The van der Waals surface area contributed by atoms with Gasteiger partial charge in [-0.15, -0.1) is 0 Å². The summed E-state index contributed by atoms with van der Waals surface area (Å²) in [5.41, 5.74) is 1.74. The number of carbonyl (C=O) groups is 1. The first kappa shape index (κ1) is 48.8.